The van der Waals surface area contributed by atoms with E-state index in [1.54, 1.807) is 0 Å². The second-order valence-corrected chi connectivity index (χ2v) is 5.04. The van der Waals surface area contributed by atoms with Gasteiger partial charge in [0.15, 0.2) is 0 Å². The van der Waals surface area contributed by atoms with Crippen LogP contribution in [0.1, 0.15) is 21.6 Å². The molecule has 0 N–H and O–H groups in total. The zero-order valence-electron chi connectivity index (χ0n) is 6.06. The van der Waals surface area contributed by atoms with Gasteiger partial charge in [-0.05, 0) is 0 Å². The van der Waals surface area contributed by atoms with Crippen molar-refractivity contribution in [2.75, 3.05) is 0 Å². The standard InChI is InChI=1S/C7H11NSe/c1-4-7-5(2)9-6(3)8-7/h4H2,1-3H3. The van der Waals surface area contributed by atoms with Crippen molar-refractivity contribution >= 4 is 14.5 Å². The maximum atomic E-state index is 4.41. The molecule has 1 rings (SSSR count). The molecule has 0 saturated carbocycles. The molecule has 0 aliphatic carbocycles. The van der Waals surface area contributed by atoms with Gasteiger partial charge in [-0.15, -0.1) is 0 Å². The molecule has 0 radical (unpaired) electrons. The number of nitrogens with zero attached hydrogens (tertiary/aromatic N) is 1. The van der Waals surface area contributed by atoms with E-state index in [4.69, 9.17) is 0 Å². The molecule has 9 heavy (non-hydrogen) atoms. The summed E-state index contributed by atoms with van der Waals surface area (Å²) in [5.74, 6) is 0. The zero-order valence-corrected chi connectivity index (χ0v) is 7.78. The van der Waals surface area contributed by atoms with Crippen molar-refractivity contribution in [1.82, 2.24) is 4.98 Å². The van der Waals surface area contributed by atoms with Crippen LogP contribution in [0.5, 0.6) is 0 Å². The predicted molar refractivity (Wildman–Crippen MR) is 40.0 cm³/mol. The van der Waals surface area contributed by atoms with Crippen LogP contribution in [0.4, 0.5) is 0 Å². The summed E-state index contributed by atoms with van der Waals surface area (Å²) < 4.78 is 2.85. The van der Waals surface area contributed by atoms with Crippen LogP contribution in [-0.4, -0.2) is 19.5 Å². The molecule has 0 aromatic carbocycles. The Labute approximate surface area is 61.9 Å². The Morgan fingerprint density at radius 3 is 2.33 bits per heavy atom. The Balaban J connectivity index is 3.01. The molecule has 0 spiro atoms. The first-order valence-electron chi connectivity index (χ1n) is 3.17. The van der Waals surface area contributed by atoms with E-state index in [2.05, 4.69) is 25.8 Å². The van der Waals surface area contributed by atoms with Crippen LogP contribution in [0.15, 0.2) is 0 Å². The van der Waals surface area contributed by atoms with Gasteiger partial charge in [-0.1, -0.05) is 0 Å². The summed E-state index contributed by atoms with van der Waals surface area (Å²) in [5.41, 5.74) is 1.33. The average Bonchev–Trinajstić information content (AvgIpc) is 2.10. The van der Waals surface area contributed by atoms with E-state index in [-0.39, 0.29) is 0 Å². The number of hydrogen-bond acceptors (Lipinski definition) is 1. The van der Waals surface area contributed by atoms with Crippen molar-refractivity contribution in [1.29, 1.82) is 0 Å². The molecule has 2 heteroatoms. The van der Waals surface area contributed by atoms with Crippen molar-refractivity contribution in [2.24, 2.45) is 0 Å². The maximum absolute atomic E-state index is 4.41. The molecule has 1 aromatic rings. The Morgan fingerprint density at radius 1 is 1.44 bits per heavy atom. The third kappa shape index (κ3) is 1.44. The SMILES string of the molecule is CCc1nc(C)[se]c1C. The van der Waals surface area contributed by atoms with Gasteiger partial charge < -0.3 is 0 Å². The predicted octanol–water partition coefficient (Wildman–Crippen LogP) is 1.32. The number of aromatic nitrogens is 1. The fourth-order valence-corrected chi connectivity index (χ4v) is 2.80. The van der Waals surface area contributed by atoms with Crippen molar-refractivity contribution in [3.8, 4) is 0 Å². The van der Waals surface area contributed by atoms with Gasteiger partial charge in [-0.25, -0.2) is 0 Å². The molecule has 0 amide bonds. The molecule has 0 aliphatic rings. The zero-order chi connectivity index (χ0) is 6.85. The van der Waals surface area contributed by atoms with Gasteiger partial charge in [-0.2, -0.15) is 0 Å². The van der Waals surface area contributed by atoms with Crippen LogP contribution in [0.2, 0.25) is 0 Å². The van der Waals surface area contributed by atoms with E-state index in [1.807, 2.05) is 0 Å². The summed E-state index contributed by atoms with van der Waals surface area (Å²) in [6.45, 7) is 6.47. The Hall–Kier alpha value is -0.0705. The molecule has 0 atom stereocenters. The van der Waals surface area contributed by atoms with E-state index in [9.17, 15) is 0 Å². The summed E-state index contributed by atoms with van der Waals surface area (Å²) in [4.78, 5) is 4.41. The van der Waals surface area contributed by atoms with Crippen molar-refractivity contribution in [3.05, 3.63) is 14.7 Å². The summed E-state index contributed by atoms with van der Waals surface area (Å²) in [6, 6.07) is 0. The van der Waals surface area contributed by atoms with Crippen LogP contribution in [-0.2, 0) is 6.42 Å². The molecule has 0 bridgehead atoms. The molecule has 1 nitrogen and oxygen atoms in total. The second-order valence-electron chi connectivity index (χ2n) is 2.09. The third-order valence-corrected chi connectivity index (χ3v) is 3.28. The van der Waals surface area contributed by atoms with Gasteiger partial charge in [-0.3, -0.25) is 0 Å². The van der Waals surface area contributed by atoms with E-state index in [0.717, 1.165) is 6.42 Å². The number of hydrogen-bond donors (Lipinski definition) is 0. The van der Waals surface area contributed by atoms with Crippen LogP contribution in [0, 0.1) is 13.8 Å². The van der Waals surface area contributed by atoms with Crippen molar-refractivity contribution < 1.29 is 0 Å². The monoisotopic (exact) mass is 189 g/mol. The first-order chi connectivity index (χ1) is 4.24. The fourth-order valence-electron chi connectivity index (χ4n) is 0.900. The normalized spacial score (nSPS) is 10.1. The van der Waals surface area contributed by atoms with Gasteiger partial charge in [0.25, 0.3) is 0 Å². The van der Waals surface area contributed by atoms with E-state index < -0.39 is 0 Å². The molecule has 1 heterocycles. The summed E-state index contributed by atoms with van der Waals surface area (Å²) >= 11 is 0.589. The van der Waals surface area contributed by atoms with Crippen LogP contribution in [0.25, 0.3) is 0 Å². The fraction of sp³-hybridized carbons (Fsp3) is 0.571. The van der Waals surface area contributed by atoms with Crippen molar-refractivity contribution in [3.63, 3.8) is 0 Å². The molecule has 0 aliphatic heterocycles. The van der Waals surface area contributed by atoms with Crippen LogP contribution in [0.3, 0.4) is 0 Å². The molecule has 0 saturated heterocycles. The molecular weight excluding hydrogens is 177 g/mol. The van der Waals surface area contributed by atoms with E-state index >= 15 is 0 Å². The Bertz CT molecular complexity index is 203. The minimum atomic E-state index is 0.589. The van der Waals surface area contributed by atoms with Gasteiger partial charge in [0.05, 0.1) is 0 Å². The number of aryl methyl sites for hydroxylation is 3. The minimum absolute atomic E-state index is 0.589. The average molecular weight is 188 g/mol. The first kappa shape index (κ1) is 7.04. The topological polar surface area (TPSA) is 12.9 Å². The van der Waals surface area contributed by atoms with E-state index in [1.165, 1.54) is 14.7 Å². The van der Waals surface area contributed by atoms with Gasteiger partial charge in [0.2, 0.25) is 0 Å². The van der Waals surface area contributed by atoms with Crippen molar-refractivity contribution in [2.45, 2.75) is 27.2 Å². The van der Waals surface area contributed by atoms with Gasteiger partial charge >= 0.3 is 61.4 Å². The summed E-state index contributed by atoms with van der Waals surface area (Å²) in [5, 5.41) is 0. The quantitative estimate of drug-likeness (QED) is 0.605. The van der Waals surface area contributed by atoms with Gasteiger partial charge in [0.1, 0.15) is 0 Å². The molecule has 0 fully saturated rings. The molecular formula is C7H11NSe. The van der Waals surface area contributed by atoms with Crippen LogP contribution >= 0.6 is 0 Å². The Kier molecular flexibility index (Phi) is 2.09. The number of rotatable bonds is 1. The van der Waals surface area contributed by atoms with Crippen LogP contribution < -0.4 is 0 Å². The first-order valence-corrected chi connectivity index (χ1v) is 4.88. The van der Waals surface area contributed by atoms with E-state index in [0.29, 0.717) is 14.5 Å². The van der Waals surface area contributed by atoms with Gasteiger partial charge in [0, 0.05) is 0 Å². The molecule has 0 unspecified atom stereocenters. The third-order valence-electron chi connectivity index (χ3n) is 1.33. The Morgan fingerprint density at radius 2 is 2.11 bits per heavy atom. The molecule has 1 aromatic heterocycles. The molecule has 50 valence electrons. The summed E-state index contributed by atoms with van der Waals surface area (Å²) in [7, 11) is 0. The second kappa shape index (κ2) is 2.68. The summed E-state index contributed by atoms with van der Waals surface area (Å²) in [6.07, 6.45) is 1.10.